The lowest BCUT2D eigenvalue weighted by Gasteiger charge is -2.36. The monoisotopic (exact) mass is 447 g/mol. The molecule has 9 nitrogen and oxygen atoms in total. The standard InChI is InChI=1S/C18H24F2N3O6P/c1-6-25-12-7-11(4)22-14-13(12)21-9-23(14)16-17(5,19)15-18(20,27-16)8-26-30(24,29-15)28-10(2)3/h7,9-10,15-16H,6,8H2,1-5H3/t15-,16+,17+,18+,30?/m0/s1. The molecule has 12 heteroatoms. The van der Waals surface area contributed by atoms with Crippen molar-refractivity contribution < 1.29 is 36.4 Å². The van der Waals surface area contributed by atoms with Gasteiger partial charge in [0.15, 0.2) is 29.4 Å². The smallest absolute Gasteiger partial charge is 0.475 e. The highest BCUT2D eigenvalue weighted by Crippen LogP contribution is 2.63. The van der Waals surface area contributed by atoms with E-state index in [4.69, 9.17) is 23.0 Å². The Kier molecular flexibility index (Phi) is 5.18. The van der Waals surface area contributed by atoms with Gasteiger partial charge in [0.1, 0.15) is 12.1 Å². The first-order valence-electron chi connectivity index (χ1n) is 9.63. The van der Waals surface area contributed by atoms with E-state index in [1.54, 1.807) is 26.8 Å². The van der Waals surface area contributed by atoms with Gasteiger partial charge in [-0.25, -0.2) is 23.3 Å². The molecule has 2 aliphatic heterocycles. The first-order chi connectivity index (χ1) is 14.0. The highest BCUT2D eigenvalue weighted by Gasteiger charge is 2.70. The molecule has 4 rings (SSSR count). The Morgan fingerprint density at radius 3 is 2.83 bits per heavy atom. The van der Waals surface area contributed by atoms with E-state index >= 15 is 8.78 Å². The van der Waals surface area contributed by atoms with Crippen LogP contribution in [0.4, 0.5) is 8.78 Å². The molecule has 0 saturated carbocycles. The summed E-state index contributed by atoms with van der Waals surface area (Å²) in [6.07, 6.45) is -2.58. The van der Waals surface area contributed by atoms with Crippen LogP contribution in [0.1, 0.15) is 39.6 Å². The maximum absolute atomic E-state index is 15.9. The lowest BCUT2D eigenvalue weighted by Crippen LogP contribution is -2.51. The number of hydrogen-bond acceptors (Lipinski definition) is 8. The number of hydrogen-bond donors (Lipinski definition) is 0. The van der Waals surface area contributed by atoms with Crippen molar-refractivity contribution in [3.8, 4) is 5.75 Å². The maximum atomic E-state index is 15.9. The predicted octanol–water partition coefficient (Wildman–Crippen LogP) is 4.01. The largest absolute Gasteiger partial charge is 0.491 e. The molecule has 30 heavy (non-hydrogen) atoms. The van der Waals surface area contributed by atoms with Crippen LogP contribution in [-0.2, 0) is 22.9 Å². The van der Waals surface area contributed by atoms with Gasteiger partial charge in [-0.1, -0.05) is 0 Å². The third-order valence-electron chi connectivity index (χ3n) is 4.86. The Morgan fingerprint density at radius 1 is 1.43 bits per heavy atom. The second-order valence-electron chi connectivity index (χ2n) is 7.79. The van der Waals surface area contributed by atoms with Gasteiger partial charge in [-0.05, 0) is 34.6 Å². The Balaban J connectivity index is 1.74. The van der Waals surface area contributed by atoms with Crippen LogP contribution < -0.4 is 4.74 Å². The van der Waals surface area contributed by atoms with Crippen LogP contribution in [0.2, 0.25) is 0 Å². The van der Waals surface area contributed by atoms with Gasteiger partial charge in [0.25, 0.3) is 5.85 Å². The molecule has 2 fully saturated rings. The van der Waals surface area contributed by atoms with Gasteiger partial charge in [-0.15, -0.1) is 0 Å². The first-order valence-corrected chi connectivity index (χ1v) is 11.1. The van der Waals surface area contributed by atoms with Crippen molar-refractivity contribution in [1.29, 1.82) is 0 Å². The highest BCUT2D eigenvalue weighted by molar-refractivity contribution is 7.48. The Bertz CT molecular complexity index is 1020. The van der Waals surface area contributed by atoms with E-state index in [0.29, 0.717) is 23.6 Å². The molecular weight excluding hydrogens is 423 g/mol. The van der Waals surface area contributed by atoms with Crippen molar-refractivity contribution in [2.45, 2.75) is 64.6 Å². The summed E-state index contributed by atoms with van der Waals surface area (Å²) in [7, 11) is -4.16. The van der Waals surface area contributed by atoms with E-state index < -0.39 is 44.4 Å². The Morgan fingerprint density at radius 2 is 2.17 bits per heavy atom. The number of ether oxygens (including phenoxy) is 2. The number of fused-ring (bicyclic) bond motifs is 2. The molecule has 0 bridgehead atoms. The van der Waals surface area contributed by atoms with Gasteiger partial charge in [0.05, 0.1) is 19.0 Å². The fraction of sp³-hybridized carbons (Fsp3) is 0.667. The zero-order valence-electron chi connectivity index (χ0n) is 17.3. The lowest BCUT2D eigenvalue weighted by atomic mass is 9.97. The topological polar surface area (TPSA) is 93.9 Å². The summed E-state index contributed by atoms with van der Waals surface area (Å²) in [4.78, 5) is 8.65. The van der Waals surface area contributed by atoms with Crippen molar-refractivity contribution in [3.05, 3.63) is 18.1 Å². The zero-order valence-corrected chi connectivity index (χ0v) is 18.2. The normalized spacial score (nSPS) is 36.4. The van der Waals surface area contributed by atoms with Crippen LogP contribution in [0.5, 0.6) is 5.75 Å². The van der Waals surface area contributed by atoms with Crippen molar-refractivity contribution in [1.82, 2.24) is 14.5 Å². The van der Waals surface area contributed by atoms with Gasteiger partial charge >= 0.3 is 7.82 Å². The fourth-order valence-electron chi connectivity index (χ4n) is 3.71. The van der Waals surface area contributed by atoms with E-state index in [1.807, 2.05) is 6.92 Å². The van der Waals surface area contributed by atoms with E-state index in [-0.39, 0.29) is 5.65 Å². The second-order valence-corrected chi connectivity index (χ2v) is 9.36. The quantitative estimate of drug-likeness (QED) is 0.635. The molecule has 0 spiro atoms. The van der Waals surface area contributed by atoms with Crippen molar-refractivity contribution >= 4 is 19.0 Å². The number of rotatable bonds is 5. The van der Waals surface area contributed by atoms with Crippen LogP contribution >= 0.6 is 7.82 Å². The zero-order chi connectivity index (χ0) is 21.9. The van der Waals surface area contributed by atoms with E-state index in [9.17, 15) is 4.57 Å². The van der Waals surface area contributed by atoms with Gasteiger partial charge < -0.3 is 9.47 Å². The van der Waals surface area contributed by atoms with Crippen LogP contribution in [0.15, 0.2) is 12.4 Å². The maximum Gasteiger partial charge on any atom is 0.475 e. The molecule has 4 heterocycles. The second kappa shape index (κ2) is 7.20. The number of imidazole rings is 1. The molecule has 2 aliphatic rings. The third kappa shape index (κ3) is 3.42. The van der Waals surface area contributed by atoms with E-state index in [0.717, 1.165) is 6.92 Å². The molecule has 5 atom stereocenters. The lowest BCUT2D eigenvalue weighted by molar-refractivity contribution is -0.220. The minimum atomic E-state index is -4.16. The number of phosphoric ester groups is 1. The summed E-state index contributed by atoms with van der Waals surface area (Å²) in [5.41, 5.74) is -1.19. The molecule has 0 N–H and O–H groups in total. The summed E-state index contributed by atoms with van der Waals surface area (Å²) in [5.74, 6) is -2.20. The van der Waals surface area contributed by atoms with Crippen LogP contribution in [-0.4, -0.2) is 51.5 Å². The average Bonchev–Trinajstić information content (AvgIpc) is 3.13. The van der Waals surface area contributed by atoms with Crippen LogP contribution in [0, 0.1) is 6.92 Å². The summed E-state index contributed by atoms with van der Waals surface area (Å²) in [6, 6.07) is 1.71. The molecule has 0 amide bonds. The highest BCUT2D eigenvalue weighted by atomic mass is 31.2. The Labute approximate surface area is 172 Å². The van der Waals surface area contributed by atoms with Crippen molar-refractivity contribution in [2.24, 2.45) is 0 Å². The molecule has 2 aromatic rings. The number of pyridine rings is 1. The molecule has 2 saturated heterocycles. The molecular formula is C18H24F2N3O6P. The number of halogens is 2. The van der Waals surface area contributed by atoms with Gasteiger partial charge in [0, 0.05) is 11.8 Å². The number of aryl methyl sites for hydroxylation is 1. The Hall–Kier alpha value is -1.65. The molecule has 166 valence electrons. The predicted molar refractivity (Wildman–Crippen MR) is 102 cm³/mol. The van der Waals surface area contributed by atoms with E-state index in [2.05, 4.69) is 9.97 Å². The van der Waals surface area contributed by atoms with Crippen molar-refractivity contribution in [3.63, 3.8) is 0 Å². The SMILES string of the molecule is CCOc1cc(C)nc2c1ncn2[C@@H]1O[C@]2(F)COP(=O)(OC(C)C)O[C@H]2[C@@]1(C)F. The number of nitrogens with zero attached hydrogens (tertiary/aromatic N) is 3. The van der Waals surface area contributed by atoms with Gasteiger partial charge in [-0.3, -0.25) is 18.1 Å². The molecule has 0 aliphatic carbocycles. The summed E-state index contributed by atoms with van der Waals surface area (Å²) < 4.78 is 71.8. The molecule has 0 aromatic carbocycles. The average molecular weight is 447 g/mol. The molecule has 2 aromatic heterocycles. The summed E-state index contributed by atoms with van der Waals surface area (Å²) >= 11 is 0. The fourth-order valence-corrected chi connectivity index (χ4v) is 5.35. The molecule has 1 unspecified atom stereocenters. The van der Waals surface area contributed by atoms with Gasteiger partial charge in [-0.2, -0.15) is 0 Å². The van der Waals surface area contributed by atoms with Crippen LogP contribution in [0.3, 0.4) is 0 Å². The van der Waals surface area contributed by atoms with Crippen LogP contribution in [0.25, 0.3) is 11.2 Å². The number of aromatic nitrogens is 3. The van der Waals surface area contributed by atoms with Crippen molar-refractivity contribution in [2.75, 3.05) is 13.2 Å². The summed E-state index contributed by atoms with van der Waals surface area (Å²) in [6.45, 7) is 7.49. The van der Waals surface area contributed by atoms with E-state index in [1.165, 1.54) is 10.9 Å². The first kappa shape index (κ1) is 21.6. The third-order valence-corrected chi connectivity index (χ3v) is 6.46. The molecule has 0 radical (unpaired) electrons. The minimum Gasteiger partial charge on any atom is -0.491 e. The summed E-state index contributed by atoms with van der Waals surface area (Å²) in [5, 5.41) is 0. The number of phosphoric acid groups is 1. The van der Waals surface area contributed by atoms with Gasteiger partial charge in [0.2, 0.25) is 0 Å². The number of alkyl halides is 2. The minimum absolute atomic E-state index is 0.261.